The molecule has 15 heavy (non-hydrogen) atoms. The standard InChI is InChI=1S/C11H23NO3/c1-10(2,9(13)15-6)7-12(5)8-11(3,4)14/h14H,7-8H2,1-6H3. The van der Waals surface area contributed by atoms with Crippen molar-refractivity contribution in [2.75, 3.05) is 27.2 Å². The van der Waals surface area contributed by atoms with Crippen LogP contribution in [0, 0.1) is 5.41 Å². The summed E-state index contributed by atoms with van der Waals surface area (Å²) in [5, 5.41) is 9.62. The highest BCUT2D eigenvalue weighted by atomic mass is 16.5. The Labute approximate surface area is 92.2 Å². The molecule has 0 radical (unpaired) electrons. The molecule has 1 N–H and O–H groups in total. The van der Waals surface area contributed by atoms with E-state index in [2.05, 4.69) is 0 Å². The number of carbonyl (C=O) groups excluding carboxylic acids is 1. The van der Waals surface area contributed by atoms with Crippen LogP contribution in [0.15, 0.2) is 0 Å². The molecule has 0 amide bonds. The zero-order valence-electron chi connectivity index (χ0n) is 10.6. The van der Waals surface area contributed by atoms with Crippen molar-refractivity contribution in [2.24, 2.45) is 5.41 Å². The number of methoxy groups -OCH3 is 1. The Kier molecular flexibility index (Phi) is 4.74. The van der Waals surface area contributed by atoms with Gasteiger partial charge in [-0.15, -0.1) is 0 Å². The highest BCUT2D eigenvalue weighted by Gasteiger charge is 2.31. The second-order valence-electron chi connectivity index (χ2n) is 5.36. The number of hydrogen-bond donors (Lipinski definition) is 1. The van der Waals surface area contributed by atoms with E-state index in [1.807, 2.05) is 25.8 Å². The van der Waals surface area contributed by atoms with Gasteiger partial charge in [-0.05, 0) is 34.7 Å². The van der Waals surface area contributed by atoms with Crippen molar-refractivity contribution in [2.45, 2.75) is 33.3 Å². The van der Waals surface area contributed by atoms with Gasteiger partial charge in [0, 0.05) is 13.1 Å². The summed E-state index contributed by atoms with van der Waals surface area (Å²) >= 11 is 0. The van der Waals surface area contributed by atoms with Crippen molar-refractivity contribution < 1.29 is 14.6 Å². The lowest BCUT2D eigenvalue weighted by Gasteiger charge is -2.31. The molecule has 0 fully saturated rings. The predicted octanol–water partition coefficient (Wildman–Crippen LogP) is 0.888. The lowest BCUT2D eigenvalue weighted by Crippen LogP contribution is -2.43. The molecule has 0 saturated heterocycles. The Bertz CT molecular complexity index is 218. The summed E-state index contributed by atoms with van der Waals surface area (Å²) < 4.78 is 4.72. The first kappa shape index (κ1) is 14.4. The van der Waals surface area contributed by atoms with Crippen molar-refractivity contribution in [1.82, 2.24) is 4.90 Å². The van der Waals surface area contributed by atoms with Gasteiger partial charge in [0.1, 0.15) is 0 Å². The first-order chi connectivity index (χ1) is 6.58. The number of aliphatic hydroxyl groups is 1. The minimum atomic E-state index is -0.749. The van der Waals surface area contributed by atoms with Gasteiger partial charge in [0.25, 0.3) is 0 Å². The van der Waals surface area contributed by atoms with E-state index >= 15 is 0 Å². The van der Waals surface area contributed by atoms with E-state index in [4.69, 9.17) is 4.74 Å². The Balaban J connectivity index is 4.28. The molecular weight excluding hydrogens is 194 g/mol. The minimum absolute atomic E-state index is 0.231. The van der Waals surface area contributed by atoms with Crippen molar-refractivity contribution in [3.05, 3.63) is 0 Å². The Morgan fingerprint density at radius 3 is 2.07 bits per heavy atom. The highest BCUT2D eigenvalue weighted by Crippen LogP contribution is 2.19. The zero-order chi connectivity index (χ0) is 12.3. The molecule has 0 heterocycles. The average molecular weight is 217 g/mol. The van der Waals surface area contributed by atoms with Gasteiger partial charge in [0.05, 0.1) is 18.1 Å². The summed E-state index contributed by atoms with van der Waals surface area (Å²) in [6.07, 6.45) is 0. The van der Waals surface area contributed by atoms with Gasteiger partial charge < -0.3 is 14.7 Å². The van der Waals surface area contributed by atoms with Gasteiger partial charge in [0.15, 0.2) is 0 Å². The summed E-state index contributed by atoms with van der Waals surface area (Å²) in [6.45, 7) is 8.24. The lowest BCUT2D eigenvalue weighted by atomic mass is 9.92. The number of nitrogens with zero attached hydrogens (tertiary/aromatic N) is 1. The molecule has 0 aromatic heterocycles. The highest BCUT2D eigenvalue weighted by molar-refractivity contribution is 5.76. The van der Waals surface area contributed by atoms with Crippen LogP contribution in [0.1, 0.15) is 27.7 Å². The van der Waals surface area contributed by atoms with Crippen molar-refractivity contribution in [3.8, 4) is 0 Å². The molecular formula is C11H23NO3. The second-order valence-corrected chi connectivity index (χ2v) is 5.36. The van der Waals surface area contributed by atoms with Crippen LogP contribution < -0.4 is 0 Å². The molecule has 0 bridgehead atoms. The van der Waals surface area contributed by atoms with E-state index in [1.165, 1.54) is 7.11 Å². The Morgan fingerprint density at radius 2 is 1.73 bits per heavy atom. The molecule has 0 rings (SSSR count). The summed E-state index contributed by atoms with van der Waals surface area (Å²) in [5.41, 5.74) is -1.30. The van der Waals surface area contributed by atoms with Crippen LogP contribution in [0.5, 0.6) is 0 Å². The van der Waals surface area contributed by atoms with E-state index < -0.39 is 11.0 Å². The third-order valence-electron chi connectivity index (χ3n) is 2.06. The van der Waals surface area contributed by atoms with Gasteiger partial charge in [-0.2, -0.15) is 0 Å². The SMILES string of the molecule is COC(=O)C(C)(C)CN(C)CC(C)(C)O. The second kappa shape index (κ2) is 4.94. The summed E-state index contributed by atoms with van der Waals surface area (Å²) in [4.78, 5) is 13.4. The van der Waals surface area contributed by atoms with Crippen LogP contribution in [0.2, 0.25) is 0 Å². The fourth-order valence-electron chi connectivity index (χ4n) is 1.73. The van der Waals surface area contributed by atoms with Crippen LogP contribution in [0.25, 0.3) is 0 Å². The van der Waals surface area contributed by atoms with Crippen molar-refractivity contribution in [3.63, 3.8) is 0 Å². The van der Waals surface area contributed by atoms with Crippen molar-refractivity contribution >= 4 is 5.97 Å². The predicted molar refractivity (Wildman–Crippen MR) is 59.6 cm³/mol. The van der Waals surface area contributed by atoms with Crippen LogP contribution in [0.3, 0.4) is 0 Å². The summed E-state index contributed by atoms with van der Waals surface area (Å²) in [6, 6.07) is 0. The van der Waals surface area contributed by atoms with Crippen molar-refractivity contribution in [1.29, 1.82) is 0 Å². The first-order valence-corrected chi connectivity index (χ1v) is 5.08. The molecule has 0 aliphatic rings. The largest absolute Gasteiger partial charge is 0.469 e. The average Bonchev–Trinajstić information content (AvgIpc) is 1.97. The maximum Gasteiger partial charge on any atom is 0.312 e. The smallest absolute Gasteiger partial charge is 0.312 e. The summed E-state index contributed by atoms with van der Waals surface area (Å²) in [7, 11) is 3.27. The van der Waals surface area contributed by atoms with Crippen LogP contribution in [0.4, 0.5) is 0 Å². The minimum Gasteiger partial charge on any atom is -0.469 e. The third-order valence-corrected chi connectivity index (χ3v) is 2.06. The topological polar surface area (TPSA) is 49.8 Å². The molecule has 0 unspecified atom stereocenters. The monoisotopic (exact) mass is 217 g/mol. The first-order valence-electron chi connectivity index (χ1n) is 5.08. The molecule has 4 heteroatoms. The molecule has 0 saturated carbocycles. The number of likely N-dealkylation sites (N-methyl/N-ethyl adjacent to an activating group) is 1. The van der Waals surface area contributed by atoms with E-state index in [0.717, 1.165) is 0 Å². The number of esters is 1. The molecule has 0 spiro atoms. The quantitative estimate of drug-likeness (QED) is 0.695. The number of rotatable bonds is 5. The van der Waals surface area contributed by atoms with E-state index in [1.54, 1.807) is 13.8 Å². The van der Waals surface area contributed by atoms with E-state index in [-0.39, 0.29) is 5.97 Å². The molecule has 0 aliphatic heterocycles. The van der Waals surface area contributed by atoms with Crippen LogP contribution in [-0.2, 0) is 9.53 Å². The molecule has 0 aliphatic carbocycles. The Morgan fingerprint density at radius 1 is 1.27 bits per heavy atom. The zero-order valence-corrected chi connectivity index (χ0v) is 10.6. The number of hydrogen-bond acceptors (Lipinski definition) is 4. The fraction of sp³-hybridized carbons (Fsp3) is 0.909. The maximum absolute atomic E-state index is 11.4. The third kappa shape index (κ3) is 5.74. The van der Waals surface area contributed by atoms with E-state index in [0.29, 0.717) is 13.1 Å². The fourth-order valence-corrected chi connectivity index (χ4v) is 1.73. The Hall–Kier alpha value is -0.610. The molecule has 0 aromatic rings. The molecule has 0 atom stereocenters. The maximum atomic E-state index is 11.4. The van der Waals surface area contributed by atoms with Gasteiger partial charge in [-0.25, -0.2) is 0 Å². The van der Waals surface area contributed by atoms with Gasteiger partial charge in [0.2, 0.25) is 0 Å². The molecule has 4 nitrogen and oxygen atoms in total. The summed E-state index contributed by atoms with van der Waals surface area (Å²) in [5.74, 6) is -0.231. The van der Waals surface area contributed by atoms with Crippen LogP contribution >= 0.6 is 0 Å². The van der Waals surface area contributed by atoms with Gasteiger partial charge >= 0.3 is 5.97 Å². The van der Waals surface area contributed by atoms with E-state index in [9.17, 15) is 9.90 Å². The lowest BCUT2D eigenvalue weighted by molar-refractivity contribution is -0.152. The molecule has 0 aromatic carbocycles. The van der Waals surface area contributed by atoms with Crippen LogP contribution in [-0.4, -0.2) is 48.8 Å². The molecule has 90 valence electrons. The normalized spacial score (nSPS) is 13.1. The van der Waals surface area contributed by atoms with Gasteiger partial charge in [-0.3, -0.25) is 4.79 Å². The number of ether oxygens (including phenoxy) is 1. The van der Waals surface area contributed by atoms with Gasteiger partial charge in [-0.1, -0.05) is 0 Å². The number of carbonyl (C=O) groups is 1.